The second-order valence-electron chi connectivity index (χ2n) is 8.19. The van der Waals surface area contributed by atoms with Gasteiger partial charge in [-0.2, -0.15) is 0 Å². The van der Waals surface area contributed by atoms with E-state index in [0.29, 0.717) is 6.04 Å². The van der Waals surface area contributed by atoms with Crippen molar-refractivity contribution < 1.29 is 0 Å². The molecule has 2 N–H and O–H groups in total. The third kappa shape index (κ3) is 4.14. The molecule has 0 atom stereocenters. The van der Waals surface area contributed by atoms with Crippen LogP contribution in [-0.4, -0.2) is 47.2 Å². The minimum atomic E-state index is 0.519. The molecule has 0 radical (unpaired) electrons. The molecule has 1 saturated carbocycles. The van der Waals surface area contributed by atoms with Crippen molar-refractivity contribution in [2.24, 2.45) is 0 Å². The average molecular weight is 467 g/mol. The van der Waals surface area contributed by atoms with Gasteiger partial charge in [-0.3, -0.25) is 4.98 Å². The predicted molar refractivity (Wildman–Crippen MR) is 126 cm³/mol. The van der Waals surface area contributed by atoms with Crippen molar-refractivity contribution in [3.8, 4) is 11.3 Å². The molecule has 0 aromatic carbocycles. The minimum Gasteiger partial charge on any atom is -0.367 e. The molecule has 2 fully saturated rings. The summed E-state index contributed by atoms with van der Waals surface area (Å²) < 4.78 is 0.957. The lowest BCUT2D eigenvalue weighted by atomic mass is 9.95. The lowest BCUT2D eigenvalue weighted by Crippen LogP contribution is -2.44. The van der Waals surface area contributed by atoms with Crippen LogP contribution in [0.1, 0.15) is 32.1 Å². The molecule has 0 bridgehead atoms. The van der Waals surface area contributed by atoms with E-state index in [1.165, 1.54) is 32.1 Å². The highest BCUT2D eigenvalue weighted by Gasteiger charge is 2.19. The quantitative estimate of drug-likeness (QED) is 0.585. The molecule has 30 heavy (non-hydrogen) atoms. The zero-order chi connectivity index (χ0) is 20.3. The Hall–Kier alpha value is -2.25. The zero-order valence-corrected chi connectivity index (χ0v) is 18.7. The van der Waals surface area contributed by atoms with Gasteiger partial charge in [-0.1, -0.05) is 19.3 Å². The van der Waals surface area contributed by atoms with Crippen LogP contribution >= 0.6 is 15.9 Å². The fraction of sp³-hybridized carbons (Fsp3) is 0.435. The predicted octanol–water partition coefficient (Wildman–Crippen LogP) is 4.61. The second kappa shape index (κ2) is 8.86. The highest BCUT2D eigenvalue weighted by Crippen LogP contribution is 2.34. The summed E-state index contributed by atoms with van der Waals surface area (Å²) in [5.41, 5.74) is 2.01. The van der Waals surface area contributed by atoms with Crippen LogP contribution in [0.3, 0.4) is 0 Å². The largest absolute Gasteiger partial charge is 0.367 e. The van der Waals surface area contributed by atoms with Crippen LogP contribution in [0, 0.1) is 0 Å². The van der Waals surface area contributed by atoms with Gasteiger partial charge in [-0.05, 0) is 47.0 Å². The van der Waals surface area contributed by atoms with Crippen molar-refractivity contribution in [2.75, 3.05) is 36.4 Å². The highest BCUT2D eigenvalue weighted by atomic mass is 79.9. The Morgan fingerprint density at radius 1 is 1.07 bits per heavy atom. The van der Waals surface area contributed by atoms with Crippen LogP contribution in [0.25, 0.3) is 22.0 Å². The molecule has 5 rings (SSSR count). The van der Waals surface area contributed by atoms with Crippen molar-refractivity contribution in [1.82, 2.24) is 20.3 Å². The van der Waals surface area contributed by atoms with Crippen LogP contribution in [0.15, 0.2) is 41.3 Å². The number of fused-ring (bicyclic) bond motifs is 1. The highest BCUT2D eigenvalue weighted by molar-refractivity contribution is 9.10. The summed E-state index contributed by atoms with van der Waals surface area (Å²) in [7, 11) is 0. The SMILES string of the molecule is Brc1cnc(NC2CCCCC2)cc1-c1cc2cnccc2c(N2CCNCC2)n1. The van der Waals surface area contributed by atoms with E-state index in [-0.39, 0.29) is 0 Å². The molecule has 1 saturated heterocycles. The van der Waals surface area contributed by atoms with Crippen molar-refractivity contribution >= 4 is 38.3 Å². The van der Waals surface area contributed by atoms with E-state index in [9.17, 15) is 0 Å². The number of rotatable bonds is 4. The fourth-order valence-electron chi connectivity index (χ4n) is 4.50. The molecule has 1 aliphatic carbocycles. The van der Waals surface area contributed by atoms with Gasteiger partial charge in [0.2, 0.25) is 0 Å². The summed E-state index contributed by atoms with van der Waals surface area (Å²) in [4.78, 5) is 16.5. The van der Waals surface area contributed by atoms with Gasteiger partial charge in [0, 0.05) is 71.6 Å². The van der Waals surface area contributed by atoms with Gasteiger partial charge in [0.05, 0.1) is 5.69 Å². The van der Waals surface area contributed by atoms with Gasteiger partial charge in [0.25, 0.3) is 0 Å². The number of nitrogens with zero attached hydrogens (tertiary/aromatic N) is 4. The third-order valence-corrected chi connectivity index (χ3v) is 6.75. The lowest BCUT2D eigenvalue weighted by molar-refractivity contribution is 0.462. The normalized spacial score (nSPS) is 18.0. The van der Waals surface area contributed by atoms with Crippen molar-refractivity contribution in [3.05, 3.63) is 41.3 Å². The number of pyridine rings is 3. The maximum Gasteiger partial charge on any atom is 0.137 e. The summed E-state index contributed by atoms with van der Waals surface area (Å²) in [6.07, 6.45) is 12.1. The summed E-state index contributed by atoms with van der Waals surface area (Å²) in [6, 6.07) is 6.86. The smallest absolute Gasteiger partial charge is 0.137 e. The number of anilines is 2. The maximum atomic E-state index is 5.13. The van der Waals surface area contributed by atoms with Gasteiger partial charge >= 0.3 is 0 Å². The number of piperazine rings is 1. The molecule has 0 spiro atoms. The Labute approximate surface area is 185 Å². The average Bonchev–Trinajstić information content (AvgIpc) is 2.81. The number of halogens is 1. The molecule has 0 unspecified atom stereocenters. The van der Waals surface area contributed by atoms with Crippen LogP contribution in [0.5, 0.6) is 0 Å². The minimum absolute atomic E-state index is 0.519. The monoisotopic (exact) mass is 466 g/mol. The molecule has 156 valence electrons. The molecule has 0 amide bonds. The molecular weight excluding hydrogens is 440 g/mol. The molecule has 4 heterocycles. The van der Waals surface area contributed by atoms with E-state index in [1.807, 2.05) is 18.6 Å². The first-order valence-corrected chi connectivity index (χ1v) is 11.7. The zero-order valence-electron chi connectivity index (χ0n) is 17.1. The fourth-order valence-corrected chi connectivity index (χ4v) is 4.92. The van der Waals surface area contributed by atoms with Gasteiger partial charge in [0.15, 0.2) is 0 Å². The van der Waals surface area contributed by atoms with Gasteiger partial charge in [0.1, 0.15) is 11.6 Å². The Bertz CT molecular complexity index is 1030. The standard InChI is InChI=1S/C23H27BrN6/c24-20-15-27-22(28-17-4-2-1-3-5-17)13-19(20)21-12-16-14-26-7-6-18(16)23(29-21)30-10-8-25-9-11-30/h6-7,12-15,17,25H,1-5,8-11H2,(H,27,28). The summed E-state index contributed by atoms with van der Waals surface area (Å²) in [6.45, 7) is 3.87. The van der Waals surface area contributed by atoms with Crippen molar-refractivity contribution in [1.29, 1.82) is 0 Å². The second-order valence-corrected chi connectivity index (χ2v) is 9.05. The Balaban J connectivity index is 1.54. The number of nitrogens with one attached hydrogen (secondary N) is 2. The summed E-state index contributed by atoms with van der Waals surface area (Å²) in [5, 5.41) is 9.34. The van der Waals surface area contributed by atoms with Crippen molar-refractivity contribution in [3.63, 3.8) is 0 Å². The van der Waals surface area contributed by atoms with E-state index >= 15 is 0 Å². The van der Waals surface area contributed by atoms with Crippen LogP contribution in [0.4, 0.5) is 11.6 Å². The van der Waals surface area contributed by atoms with Crippen molar-refractivity contribution in [2.45, 2.75) is 38.1 Å². The lowest BCUT2D eigenvalue weighted by Gasteiger charge is -2.29. The van der Waals surface area contributed by atoms with E-state index in [0.717, 1.165) is 64.3 Å². The first kappa shape index (κ1) is 19.7. The Kier molecular flexibility index (Phi) is 5.82. The molecule has 6 nitrogen and oxygen atoms in total. The number of hydrogen-bond acceptors (Lipinski definition) is 6. The van der Waals surface area contributed by atoms with Crippen LogP contribution in [0.2, 0.25) is 0 Å². The molecule has 3 aromatic heterocycles. The van der Waals surface area contributed by atoms with Crippen LogP contribution < -0.4 is 15.5 Å². The first-order chi connectivity index (χ1) is 14.8. The van der Waals surface area contributed by atoms with Gasteiger partial charge in [-0.15, -0.1) is 0 Å². The Morgan fingerprint density at radius 2 is 1.90 bits per heavy atom. The summed E-state index contributed by atoms with van der Waals surface area (Å²) >= 11 is 3.71. The van der Waals surface area contributed by atoms with Gasteiger partial charge < -0.3 is 15.5 Å². The van der Waals surface area contributed by atoms with Gasteiger partial charge in [-0.25, -0.2) is 9.97 Å². The number of aromatic nitrogens is 3. The van der Waals surface area contributed by atoms with E-state index in [1.54, 1.807) is 0 Å². The van der Waals surface area contributed by atoms with E-state index in [2.05, 4.69) is 59.6 Å². The number of hydrogen-bond donors (Lipinski definition) is 2. The van der Waals surface area contributed by atoms with E-state index < -0.39 is 0 Å². The summed E-state index contributed by atoms with van der Waals surface area (Å²) in [5.74, 6) is 1.97. The first-order valence-electron chi connectivity index (χ1n) is 10.9. The molecule has 1 aliphatic heterocycles. The molecule has 2 aliphatic rings. The topological polar surface area (TPSA) is 66.0 Å². The molecule has 3 aromatic rings. The molecule has 7 heteroatoms. The van der Waals surface area contributed by atoms with E-state index in [4.69, 9.17) is 4.98 Å². The Morgan fingerprint density at radius 3 is 2.73 bits per heavy atom. The van der Waals surface area contributed by atoms with Crippen LogP contribution in [-0.2, 0) is 0 Å². The molecular formula is C23H27BrN6. The maximum absolute atomic E-state index is 5.13. The third-order valence-electron chi connectivity index (χ3n) is 6.12.